The normalized spacial score (nSPS) is 10.0. The van der Waals surface area contributed by atoms with E-state index < -0.39 is 0 Å². The number of rotatable bonds is 7. The van der Waals surface area contributed by atoms with Gasteiger partial charge in [0.15, 0.2) is 0 Å². The second kappa shape index (κ2) is 8.74. The molecule has 2 aromatic rings. The number of carbonyl (C=O) groups excluding carboxylic acids is 1. The van der Waals surface area contributed by atoms with Crippen LogP contribution in [0.4, 0.5) is 0 Å². The Balaban J connectivity index is 1.96. The van der Waals surface area contributed by atoms with Crippen molar-refractivity contribution < 1.29 is 14.3 Å². The molecule has 0 bridgehead atoms. The summed E-state index contributed by atoms with van der Waals surface area (Å²) in [5.74, 6) is 1.55. The van der Waals surface area contributed by atoms with Crippen molar-refractivity contribution >= 4 is 5.91 Å². The number of carbonyl (C=O) groups is 1. The topological polar surface area (TPSA) is 62.6 Å². The lowest BCUT2D eigenvalue weighted by atomic mass is 10.1. The van der Waals surface area contributed by atoms with Crippen molar-refractivity contribution in [3.8, 4) is 17.6 Å². The number of methoxy groups -OCH3 is 2. The number of benzene rings is 2. The minimum Gasteiger partial charge on any atom is -0.497 e. The van der Waals surface area contributed by atoms with Crippen LogP contribution in [0.2, 0.25) is 0 Å². The molecule has 25 heavy (non-hydrogen) atoms. The maximum absolute atomic E-state index is 12.4. The van der Waals surface area contributed by atoms with E-state index in [4.69, 9.17) is 14.7 Å². The van der Waals surface area contributed by atoms with Crippen LogP contribution in [0.3, 0.4) is 0 Å². The SMILES string of the molecule is COc1ccc(OC)c(CCC(=O)N(C)Cc2ccc(C#N)cc2)c1. The Bertz CT molecular complexity index is 764. The minimum absolute atomic E-state index is 0.0502. The Morgan fingerprint density at radius 1 is 1.12 bits per heavy atom. The van der Waals surface area contributed by atoms with Gasteiger partial charge in [-0.15, -0.1) is 0 Å². The van der Waals surface area contributed by atoms with Crippen molar-refractivity contribution in [3.63, 3.8) is 0 Å². The van der Waals surface area contributed by atoms with Crippen LogP contribution in [0.1, 0.15) is 23.1 Å². The Kier molecular flexibility index (Phi) is 6.41. The summed E-state index contributed by atoms with van der Waals surface area (Å²) < 4.78 is 10.6. The van der Waals surface area contributed by atoms with Crippen LogP contribution < -0.4 is 9.47 Å². The molecule has 0 saturated heterocycles. The number of aryl methyl sites for hydroxylation is 1. The second-order valence-electron chi connectivity index (χ2n) is 5.74. The predicted molar refractivity (Wildman–Crippen MR) is 95.5 cm³/mol. The lowest BCUT2D eigenvalue weighted by Gasteiger charge is -2.18. The van der Waals surface area contributed by atoms with E-state index in [1.165, 1.54) is 0 Å². The fourth-order valence-corrected chi connectivity index (χ4v) is 2.56. The highest BCUT2D eigenvalue weighted by molar-refractivity contribution is 5.76. The zero-order chi connectivity index (χ0) is 18.2. The number of nitrogens with zero attached hydrogens (tertiary/aromatic N) is 2. The van der Waals surface area contributed by atoms with Gasteiger partial charge in [0, 0.05) is 20.0 Å². The van der Waals surface area contributed by atoms with Gasteiger partial charge in [-0.25, -0.2) is 0 Å². The minimum atomic E-state index is 0.0502. The van der Waals surface area contributed by atoms with Crippen LogP contribution in [-0.4, -0.2) is 32.1 Å². The predicted octanol–water partition coefficient (Wildman–Crippen LogP) is 3.17. The number of hydrogen-bond acceptors (Lipinski definition) is 4. The molecule has 0 fully saturated rings. The molecule has 5 nitrogen and oxygen atoms in total. The van der Waals surface area contributed by atoms with Crippen LogP contribution in [-0.2, 0) is 17.8 Å². The molecule has 0 N–H and O–H groups in total. The lowest BCUT2D eigenvalue weighted by molar-refractivity contribution is -0.130. The van der Waals surface area contributed by atoms with E-state index in [9.17, 15) is 4.79 Å². The molecule has 0 aliphatic carbocycles. The average molecular weight is 338 g/mol. The molecular formula is C20H22N2O3. The third-order valence-electron chi connectivity index (χ3n) is 4.02. The molecule has 0 unspecified atom stereocenters. The number of hydrogen-bond donors (Lipinski definition) is 0. The molecule has 0 spiro atoms. The number of ether oxygens (including phenoxy) is 2. The third kappa shape index (κ3) is 4.98. The molecule has 130 valence electrons. The zero-order valence-corrected chi connectivity index (χ0v) is 14.8. The first kappa shape index (κ1) is 18.3. The Morgan fingerprint density at radius 3 is 2.44 bits per heavy atom. The first-order valence-corrected chi connectivity index (χ1v) is 8.01. The highest BCUT2D eigenvalue weighted by atomic mass is 16.5. The van der Waals surface area contributed by atoms with Crippen LogP contribution in [0.5, 0.6) is 11.5 Å². The van der Waals surface area contributed by atoms with Gasteiger partial charge in [0.2, 0.25) is 5.91 Å². The summed E-state index contributed by atoms with van der Waals surface area (Å²) in [7, 11) is 5.01. The Labute approximate surface area is 148 Å². The molecule has 2 aromatic carbocycles. The van der Waals surface area contributed by atoms with Gasteiger partial charge in [-0.3, -0.25) is 4.79 Å². The summed E-state index contributed by atoms with van der Waals surface area (Å²) in [5, 5.41) is 8.82. The van der Waals surface area contributed by atoms with Crippen molar-refractivity contribution in [2.45, 2.75) is 19.4 Å². The maximum atomic E-state index is 12.4. The van der Waals surface area contributed by atoms with Crippen molar-refractivity contribution in [1.29, 1.82) is 5.26 Å². The average Bonchev–Trinajstić information content (AvgIpc) is 2.66. The summed E-state index contributed by atoms with van der Waals surface area (Å²) in [5.41, 5.74) is 2.55. The van der Waals surface area contributed by atoms with E-state index in [1.54, 1.807) is 38.3 Å². The summed E-state index contributed by atoms with van der Waals surface area (Å²) in [6, 6.07) is 14.9. The largest absolute Gasteiger partial charge is 0.497 e. The first-order valence-electron chi connectivity index (χ1n) is 8.01. The standard InChI is InChI=1S/C20H22N2O3/c1-22(14-16-6-4-15(13-21)5-7-16)20(23)11-8-17-12-18(24-2)9-10-19(17)25-3/h4-7,9-10,12H,8,11,14H2,1-3H3. The van der Waals surface area contributed by atoms with Crippen molar-refractivity contribution in [2.24, 2.45) is 0 Å². The van der Waals surface area contributed by atoms with Crippen molar-refractivity contribution in [2.75, 3.05) is 21.3 Å². The van der Waals surface area contributed by atoms with Crippen molar-refractivity contribution in [1.82, 2.24) is 4.90 Å². The van der Waals surface area contributed by atoms with E-state index in [0.717, 1.165) is 22.6 Å². The van der Waals surface area contributed by atoms with Crippen molar-refractivity contribution in [3.05, 3.63) is 59.2 Å². The summed E-state index contributed by atoms with van der Waals surface area (Å²) >= 11 is 0. The van der Waals surface area contributed by atoms with Gasteiger partial charge < -0.3 is 14.4 Å². The van der Waals surface area contributed by atoms with E-state index in [-0.39, 0.29) is 5.91 Å². The van der Waals surface area contributed by atoms with Gasteiger partial charge in [0.1, 0.15) is 11.5 Å². The third-order valence-corrected chi connectivity index (χ3v) is 4.02. The number of nitriles is 1. The fourth-order valence-electron chi connectivity index (χ4n) is 2.56. The molecule has 0 heterocycles. The molecule has 0 aliphatic rings. The molecule has 2 rings (SSSR count). The van der Waals surface area contributed by atoms with Gasteiger partial charge in [-0.05, 0) is 47.9 Å². The van der Waals surface area contributed by atoms with Crippen LogP contribution in [0.15, 0.2) is 42.5 Å². The van der Waals surface area contributed by atoms with Gasteiger partial charge in [-0.1, -0.05) is 12.1 Å². The van der Waals surface area contributed by atoms with Gasteiger partial charge in [-0.2, -0.15) is 5.26 Å². The summed E-state index contributed by atoms with van der Waals surface area (Å²) in [6.45, 7) is 0.514. The molecule has 1 amide bonds. The lowest BCUT2D eigenvalue weighted by Crippen LogP contribution is -2.26. The van der Waals surface area contributed by atoms with Crippen LogP contribution in [0.25, 0.3) is 0 Å². The Hall–Kier alpha value is -3.00. The van der Waals surface area contributed by atoms with E-state index in [1.807, 2.05) is 30.3 Å². The highest BCUT2D eigenvalue weighted by Gasteiger charge is 2.12. The molecule has 0 aromatic heterocycles. The monoisotopic (exact) mass is 338 g/mol. The fraction of sp³-hybridized carbons (Fsp3) is 0.300. The van der Waals surface area contributed by atoms with Crippen LogP contribution >= 0.6 is 0 Å². The van der Waals surface area contributed by atoms with E-state index in [2.05, 4.69) is 6.07 Å². The van der Waals surface area contributed by atoms with Gasteiger partial charge >= 0.3 is 0 Å². The molecule has 0 radical (unpaired) electrons. The second-order valence-corrected chi connectivity index (χ2v) is 5.74. The quantitative estimate of drug-likeness (QED) is 0.778. The van der Waals surface area contributed by atoms with Gasteiger partial charge in [0.25, 0.3) is 0 Å². The van der Waals surface area contributed by atoms with E-state index >= 15 is 0 Å². The molecular weight excluding hydrogens is 316 g/mol. The Morgan fingerprint density at radius 2 is 1.84 bits per heavy atom. The molecule has 0 aliphatic heterocycles. The van der Waals surface area contributed by atoms with E-state index in [0.29, 0.717) is 24.9 Å². The van der Waals surface area contributed by atoms with Gasteiger partial charge in [0.05, 0.1) is 25.9 Å². The highest BCUT2D eigenvalue weighted by Crippen LogP contribution is 2.25. The molecule has 0 saturated carbocycles. The summed E-state index contributed by atoms with van der Waals surface area (Å²) in [6.07, 6.45) is 0.965. The zero-order valence-electron chi connectivity index (χ0n) is 14.8. The maximum Gasteiger partial charge on any atom is 0.222 e. The number of amides is 1. The summed E-state index contributed by atoms with van der Waals surface area (Å²) in [4.78, 5) is 14.1. The first-order chi connectivity index (χ1) is 12.1. The molecule has 0 atom stereocenters. The van der Waals surface area contributed by atoms with Crippen LogP contribution in [0, 0.1) is 11.3 Å². The smallest absolute Gasteiger partial charge is 0.222 e. The molecule has 5 heteroatoms.